The van der Waals surface area contributed by atoms with Gasteiger partial charge in [0.15, 0.2) is 0 Å². The molecule has 0 saturated heterocycles. The van der Waals surface area contributed by atoms with Gasteiger partial charge in [0.1, 0.15) is 11.8 Å². The van der Waals surface area contributed by atoms with Gasteiger partial charge in [-0.05, 0) is 57.4 Å². The quantitative estimate of drug-likeness (QED) is 0.707. The summed E-state index contributed by atoms with van der Waals surface area (Å²) in [6.45, 7) is 10.2. The number of nitrogens with zero attached hydrogens (tertiary/aromatic N) is 1. The zero-order valence-corrected chi connectivity index (χ0v) is 19.0. The Bertz CT molecular complexity index is 836. The van der Waals surface area contributed by atoms with Crippen LogP contribution in [-0.4, -0.2) is 35.4 Å². The Labute approximate surface area is 180 Å². The van der Waals surface area contributed by atoms with Crippen LogP contribution in [0, 0.1) is 6.92 Å². The van der Waals surface area contributed by atoms with Gasteiger partial charge < -0.3 is 15.0 Å². The molecule has 162 valence electrons. The molecule has 0 aliphatic rings. The first-order valence-electron chi connectivity index (χ1n) is 10.4. The molecule has 2 aromatic rings. The Hall–Kier alpha value is -2.82. The van der Waals surface area contributed by atoms with Crippen LogP contribution < -0.4 is 10.1 Å². The van der Waals surface area contributed by atoms with E-state index in [-0.39, 0.29) is 23.8 Å². The van der Waals surface area contributed by atoms with Crippen LogP contribution in [0.25, 0.3) is 0 Å². The van der Waals surface area contributed by atoms with Crippen molar-refractivity contribution in [1.29, 1.82) is 0 Å². The standard InChI is InChI=1S/C25H34N2O3/c1-7-22(24(29)26-25(3,4)5)27(17-20-12-14-21(30-6)15-13-20)23(28)16-19-10-8-18(2)9-11-19/h8-15,22H,7,16-17H2,1-6H3,(H,26,29)/t22-/m1/s1. The molecule has 2 amide bonds. The lowest BCUT2D eigenvalue weighted by Gasteiger charge is -2.33. The lowest BCUT2D eigenvalue weighted by atomic mass is 10.0. The first kappa shape index (κ1) is 23.5. The molecule has 2 rings (SSSR count). The van der Waals surface area contributed by atoms with E-state index in [0.29, 0.717) is 13.0 Å². The number of ether oxygens (including phenoxy) is 1. The van der Waals surface area contributed by atoms with Crippen LogP contribution in [0.2, 0.25) is 0 Å². The summed E-state index contributed by atoms with van der Waals surface area (Å²) in [6, 6.07) is 15.0. The number of aryl methyl sites for hydroxylation is 1. The van der Waals surface area contributed by atoms with Crippen LogP contribution in [0.5, 0.6) is 5.75 Å². The van der Waals surface area contributed by atoms with Crippen LogP contribution in [0.1, 0.15) is 50.8 Å². The van der Waals surface area contributed by atoms with Crippen LogP contribution in [0.4, 0.5) is 0 Å². The van der Waals surface area contributed by atoms with E-state index in [2.05, 4.69) is 5.32 Å². The largest absolute Gasteiger partial charge is 0.497 e. The molecule has 0 spiro atoms. The van der Waals surface area contributed by atoms with Crippen molar-refractivity contribution in [2.45, 2.75) is 65.6 Å². The van der Waals surface area contributed by atoms with E-state index in [1.807, 2.05) is 83.1 Å². The minimum atomic E-state index is -0.538. The predicted octanol–water partition coefficient (Wildman–Crippen LogP) is 4.27. The summed E-state index contributed by atoms with van der Waals surface area (Å²) in [6.07, 6.45) is 0.799. The Balaban J connectivity index is 2.29. The number of hydrogen-bond acceptors (Lipinski definition) is 3. The molecule has 0 heterocycles. The minimum Gasteiger partial charge on any atom is -0.497 e. The van der Waals surface area contributed by atoms with Crippen molar-refractivity contribution in [3.8, 4) is 5.75 Å². The van der Waals surface area contributed by atoms with E-state index in [1.165, 1.54) is 0 Å². The highest BCUT2D eigenvalue weighted by molar-refractivity contribution is 5.88. The second-order valence-electron chi connectivity index (χ2n) is 8.70. The van der Waals surface area contributed by atoms with Gasteiger partial charge in [0.05, 0.1) is 13.5 Å². The maximum Gasteiger partial charge on any atom is 0.243 e. The fraction of sp³-hybridized carbons (Fsp3) is 0.440. The average molecular weight is 411 g/mol. The molecule has 0 bridgehead atoms. The van der Waals surface area contributed by atoms with Gasteiger partial charge >= 0.3 is 0 Å². The maximum atomic E-state index is 13.3. The van der Waals surface area contributed by atoms with Crippen molar-refractivity contribution < 1.29 is 14.3 Å². The number of benzene rings is 2. The smallest absolute Gasteiger partial charge is 0.243 e. The van der Waals surface area contributed by atoms with Gasteiger partial charge in [-0.3, -0.25) is 9.59 Å². The monoisotopic (exact) mass is 410 g/mol. The van der Waals surface area contributed by atoms with Crippen molar-refractivity contribution in [3.63, 3.8) is 0 Å². The summed E-state index contributed by atoms with van der Waals surface area (Å²) >= 11 is 0. The first-order valence-corrected chi connectivity index (χ1v) is 10.4. The lowest BCUT2D eigenvalue weighted by Crippen LogP contribution is -2.53. The molecule has 5 nitrogen and oxygen atoms in total. The fourth-order valence-corrected chi connectivity index (χ4v) is 3.28. The first-order chi connectivity index (χ1) is 14.1. The lowest BCUT2D eigenvalue weighted by molar-refractivity contribution is -0.141. The van der Waals surface area contributed by atoms with E-state index in [0.717, 1.165) is 22.4 Å². The maximum absolute atomic E-state index is 13.3. The van der Waals surface area contributed by atoms with Gasteiger partial charge in [0.2, 0.25) is 11.8 Å². The Morgan fingerprint density at radius 1 is 1.00 bits per heavy atom. The summed E-state index contributed by atoms with van der Waals surface area (Å²) < 4.78 is 5.23. The molecule has 0 aromatic heterocycles. The highest BCUT2D eigenvalue weighted by Gasteiger charge is 2.30. The number of carbonyl (C=O) groups excluding carboxylic acids is 2. The molecule has 5 heteroatoms. The Morgan fingerprint density at radius 2 is 1.57 bits per heavy atom. The van der Waals surface area contributed by atoms with Crippen LogP contribution >= 0.6 is 0 Å². The summed E-state index contributed by atoms with van der Waals surface area (Å²) in [5.74, 6) is 0.565. The highest BCUT2D eigenvalue weighted by Crippen LogP contribution is 2.18. The van der Waals surface area contributed by atoms with Crippen molar-refractivity contribution in [1.82, 2.24) is 10.2 Å². The number of methoxy groups -OCH3 is 1. The number of nitrogens with one attached hydrogen (secondary N) is 1. The zero-order chi connectivity index (χ0) is 22.3. The van der Waals surface area contributed by atoms with E-state index in [4.69, 9.17) is 4.74 Å². The molecule has 0 radical (unpaired) electrons. The molecule has 0 fully saturated rings. The van der Waals surface area contributed by atoms with Gasteiger partial charge in [-0.1, -0.05) is 48.9 Å². The van der Waals surface area contributed by atoms with Gasteiger partial charge in [-0.2, -0.15) is 0 Å². The highest BCUT2D eigenvalue weighted by atomic mass is 16.5. The third kappa shape index (κ3) is 6.90. The molecular formula is C25H34N2O3. The molecule has 0 saturated carbocycles. The number of rotatable bonds is 8. The van der Waals surface area contributed by atoms with Crippen LogP contribution in [0.15, 0.2) is 48.5 Å². The zero-order valence-electron chi connectivity index (χ0n) is 19.0. The number of hydrogen-bond donors (Lipinski definition) is 1. The molecule has 30 heavy (non-hydrogen) atoms. The van der Waals surface area contributed by atoms with Crippen molar-refractivity contribution in [2.24, 2.45) is 0 Å². The second kappa shape index (κ2) is 10.3. The van der Waals surface area contributed by atoms with Gasteiger partial charge in [0.25, 0.3) is 0 Å². The molecule has 2 aromatic carbocycles. The molecule has 0 aliphatic carbocycles. The average Bonchev–Trinajstić information content (AvgIpc) is 2.68. The molecule has 0 unspecified atom stereocenters. The Morgan fingerprint density at radius 3 is 2.07 bits per heavy atom. The van der Waals surface area contributed by atoms with Gasteiger partial charge in [-0.25, -0.2) is 0 Å². The van der Waals surface area contributed by atoms with E-state index >= 15 is 0 Å². The summed E-state index contributed by atoms with van der Waals surface area (Å²) in [4.78, 5) is 28.0. The summed E-state index contributed by atoms with van der Waals surface area (Å²) in [7, 11) is 1.62. The third-order valence-electron chi connectivity index (χ3n) is 4.87. The van der Waals surface area contributed by atoms with Gasteiger partial charge in [-0.15, -0.1) is 0 Å². The fourth-order valence-electron chi connectivity index (χ4n) is 3.28. The van der Waals surface area contributed by atoms with Crippen LogP contribution in [0.3, 0.4) is 0 Å². The normalized spacial score (nSPS) is 12.2. The molecule has 1 atom stereocenters. The van der Waals surface area contributed by atoms with E-state index < -0.39 is 6.04 Å². The van der Waals surface area contributed by atoms with E-state index in [1.54, 1.807) is 12.0 Å². The van der Waals surface area contributed by atoms with Crippen molar-refractivity contribution >= 4 is 11.8 Å². The predicted molar refractivity (Wildman–Crippen MR) is 120 cm³/mol. The molecule has 1 N–H and O–H groups in total. The Kier molecular flexibility index (Phi) is 8.04. The van der Waals surface area contributed by atoms with Crippen LogP contribution in [-0.2, 0) is 22.6 Å². The topological polar surface area (TPSA) is 58.6 Å². The van der Waals surface area contributed by atoms with Crippen molar-refractivity contribution in [2.75, 3.05) is 7.11 Å². The summed E-state index contributed by atoms with van der Waals surface area (Å²) in [5, 5.41) is 3.03. The molecular weight excluding hydrogens is 376 g/mol. The second-order valence-corrected chi connectivity index (χ2v) is 8.70. The third-order valence-corrected chi connectivity index (χ3v) is 4.87. The van der Waals surface area contributed by atoms with Gasteiger partial charge in [0, 0.05) is 12.1 Å². The SMILES string of the molecule is CC[C@H](C(=O)NC(C)(C)C)N(Cc1ccc(OC)cc1)C(=O)Cc1ccc(C)cc1. The number of carbonyl (C=O) groups is 2. The molecule has 0 aliphatic heterocycles. The number of amides is 2. The summed E-state index contributed by atoms with van der Waals surface area (Å²) in [5.41, 5.74) is 2.68. The van der Waals surface area contributed by atoms with E-state index in [9.17, 15) is 9.59 Å². The minimum absolute atomic E-state index is 0.0643. The van der Waals surface area contributed by atoms with Crippen molar-refractivity contribution in [3.05, 3.63) is 65.2 Å².